The van der Waals surface area contributed by atoms with E-state index in [9.17, 15) is 9.59 Å². The third-order valence-electron chi connectivity index (χ3n) is 6.05. The van der Waals surface area contributed by atoms with Crippen LogP contribution < -0.4 is 10.6 Å². The fourth-order valence-corrected chi connectivity index (χ4v) is 4.84. The summed E-state index contributed by atoms with van der Waals surface area (Å²) in [5, 5.41) is 6.51. The highest BCUT2D eigenvalue weighted by atomic mass is 35.5. The highest BCUT2D eigenvalue weighted by Gasteiger charge is 2.40. The van der Waals surface area contributed by atoms with Crippen molar-refractivity contribution in [2.24, 2.45) is 5.92 Å². The predicted molar refractivity (Wildman–Crippen MR) is 104 cm³/mol. The van der Waals surface area contributed by atoms with Crippen molar-refractivity contribution >= 4 is 29.9 Å². The summed E-state index contributed by atoms with van der Waals surface area (Å²) >= 11 is 0. The molecular weight excluding hydrogens is 350 g/mol. The van der Waals surface area contributed by atoms with E-state index >= 15 is 0 Å². The fourth-order valence-electron chi connectivity index (χ4n) is 4.84. The Morgan fingerprint density at radius 2 is 2.04 bits per heavy atom. The molecule has 2 amide bonds. The number of amides is 2. The van der Waals surface area contributed by atoms with E-state index < -0.39 is 0 Å². The summed E-state index contributed by atoms with van der Waals surface area (Å²) in [5.41, 5.74) is 3.22. The Balaban J connectivity index is 0.00000196. The topological polar surface area (TPSA) is 61.4 Å². The minimum Gasteiger partial charge on any atom is -0.337 e. The van der Waals surface area contributed by atoms with Crippen LogP contribution in [0.4, 0.5) is 5.69 Å². The van der Waals surface area contributed by atoms with Crippen LogP contribution in [0.1, 0.15) is 50.2 Å². The number of anilines is 1. The van der Waals surface area contributed by atoms with Crippen molar-refractivity contribution < 1.29 is 9.59 Å². The van der Waals surface area contributed by atoms with Crippen molar-refractivity contribution in [3.8, 4) is 0 Å². The Kier molecular flexibility index (Phi) is 5.88. The Morgan fingerprint density at radius 1 is 1.23 bits per heavy atom. The van der Waals surface area contributed by atoms with Gasteiger partial charge in [0.05, 0.1) is 6.04 Å². The number of carbonyl (C=O) groups excluding carboxylic acids is 2. The molecule has 1 aromatic rings. The van der Waals surface area contributed by atoms with Gasteiger partial charge in [0, 0.05) is 31.7 Å². The molecule has 1 aliphatic carbocycles. The van der Waals surface area contributed by atoms with Crippen molar-refractivity contribution in [1.29, 1.82) is 0 Å². The molecule has 0 spiro atoms. The quantitative estimate of drug-likeness (QED) is 0.833. The third kappa shape index (κ3) is 3.74. The second kappa shape index (κ2) is 7.97. The van der Waals surface area contributed by atoms with Crippen molar-refractivity contribution in [2.75, 3.05) is 11.9 Å². The van der Waals surface area contributed by atoms with Gasteiger partial charge in [-0.25, -0.2) is 0 Å². The second-order valence-electron chi connectivity index (χ2n) is 7.74. The molecule has 1 saturated heterocycles. The Morgan fingerprint density at radius 3 is 2.81 bits per heavy atom. The van der Waals surface area contributed by atoms with Crippen molar-refractivity contribution in [1.82, 2.24) is 10.2 Å². The molecule has 142 valence electrons. The number of fused-ring (bicyclic) bond motifs is 2. The molecule has 1 saturated carbocycles. The summed E-state index contributed by atoms with van der Waals surface area (Å²) < 4.78 is 0. The van der Waals surface area contributed by atoms with Crippen LogP contribution in [0.25, 0.3) is 0 Å². The molecule has 2 N–H and O–H groups in total. The van der Waals surface area contributed by atoms with E-state index in [4.69, 9.17) is 0 Å². The molecule has 1 aromatic carbocycles. The van der Waals surface area contributed by atoms with E-state index in [2.05, 4.69) is 16.7 Å². The van der Waals surface area contributed by atoms with Crippen molar-refractivity contribution in [2.45, 2.75) is 64.1 Å². The molecule has 3 atom stereocenters. The first-order chi connectivity index (χ1) is 12.1. The first-order valence-electron chi connectivity index (χ1n) is 9.55. The van der Waals surface area contributed by atoms with Crippen LogP contribution in [0, 0.1) is 5.92 Å². The highest BCUT2D eigenvalue weighted by molar-refractivity contribution is 5.90. The van der Waals surface area contributed by atoms with Gasteiger partial charge in [-0.05, 0) is 48.8 Å². The molecule has 0 aromatic heterocycles. The van der Waals surface area contributed by atoms with Crippen LogP contribution in [0.15, 0.2) is 18.2 Å². The van der Waals surface area contributed by atoms with Crippen molar-refractivity contribution in [3.05, 3.63) is 29.3 Å². The zero-order valence-electron chi connectivity index (χ0n) is 15.3. The second-order valence-corrected chi connectivity index (χ2v) is 7.74. The van der Waals surface area contributed by atoms with Crippen LogP contribution in [0.2, 0.25) is 0 Å². The Hall–Kier alpha value is -1.59. The van der Waals surface area contributed by atoms with Gasteiger partial charge in [-0.15, -0.1) is 12.4 Å². The van der Waals surface area contributed by atoms with E-state index in [-0.39, 0.29) is 30.3 Å². The molecule has 3 aliphatic rings. The summed E-state index contributed by atoms with van der Waals surface area (Å²) in [6.07, 6.45) is 6.89. The van der Waals surface area contributed by atoms with E-state index in [0.29, 0.717) is 18.5 Å². The lowest BCUT2D eigenvalue weighted by Crippen LogP contribution is -2.47. The lowest BCUT2D eigenvalue weighted by atomic mass is 9.85. The summed E-state index contributed by atoms with van der Waals surface area (Å²) in [4.78, 5) is 26.4. The SMILES string of the molecule is CC(=O)Nc1cccc2c1CCN(C(=O)C1CC3CCCCC3N1)C2.Cl. The van der Waals surface area contributed by atoms with Crippen LogP contribution in [0.3, 0.4) is 0 Å². The summed E-state index contributed by atoms with van der Waals surface area (Å²) in [7, 11) is 0. The van der Waals surface area contributed by atoms with Gasteiger partial charge in [-0.1, -0.05) is 25.0 Å². The summed E-state index contributed by atoms with van der Waals surface area (Å²) in [6.45, 7) is 2.91. The number of benzene rings is 1. The average Bonchev–Trinajstić information content (AvgIpc) is 3.04. The van der Waals surface area contributed by atoms with Gasteiger partial charge in [0.25, 0.3) is 0 Å². The van der Waals surface area contributed by atoms with Crippen LogP contribution in [0.5, 0.6) is 0 Å². The van der Waals surface area contributed by atoms with Gasteiger partial charge >= 0.3 is 0 Å². The number of nitrogens with zero attached hydrogens (tertiary/aromatic N) is 1. The number of hydrogen-bond donors (Lipinski definition) is 2. The highest BCUT2D eigenvalue weighted by Crippen LogP contribution is 2.34. The zero-order valence-corrected chi connectivity index (χ0v) is 16.1. The van der Waals surface area contributed by atoms with E-state index in [0.717, 1.165) is 30.6 Å². The number of carbonyl (C=O) groups is 2. The molecule has 26 heavy (non-hydrogen) atoms. The standard InChI is InChI=1S/C20H27N3O2.ClH/c1-13(24)21-18-8-4-6-15-12-23(10-9-16(15)18)20(25)19-11-14-5-2-3-7-17(14)22-19;/h4,6,8,14,17,19,22H,2-3,5,7,9-12H2,1H3,(H,21,24);1H. The maximum Gasteiger partial charge on any atom is 0.240 e. The molecule has 2 aliphatic heterocycles. The molecule has 3 unspecified atom stereocenters. The van der Waals surface area contributed by atoms with Gasteiger partial charge in [0.15, 0.2) is 0 Å². The summed E-state index contributed by atoms with van der Waals surface area (Å²) in [5.74, 6) is 0.890. The third-order valence-corrected chi connectivity index (χ3v) is 6.05. The monoisotopic (exact) mass is 377 g/mol. The van der Waals surface area contributed by atoms with Gasteiger partial charge < -0.3 is 15.5 Å². The van der Waals surface area contributed by atoms with Gasteiger partial charge in [-0.2, -0.15) is 0 Å². The zero-order chi connectivity index (χ0) is 17.4. The molecule has 0 bridgehead atoms. The number of nitrogens with one attached hydrogen (secondary N) is 2. The minimum absolute atomic E-state index is 0. The minimum atomic E-state index is -0.0512. The van der Waals surface area contributed by atoms with Gasteiger partial charge in [-0.3, -0.25) is 9.59 Å². The Labute approximate surface area is 161 Å². The fraction of sp³-hybridized carbons (Fsp3) is 0.600. The lowest BCUT2D eigenvalue weighted by molar-refractivity contribution is -0.134. The first kappa shape index (κ1) is 19.2. The van der Waals surface area contributed by atoms with Gasteiger partial charge in [0.2, 0.25) is 11.8 Å². The predicted octanol–water partition coefficient (Wildman–Crippen LogP) is 2.87. The van der Waals surface area contributed by atoms with E-state index in [1.54, 1.807) is 0 Å². The number of hydrogen-bond acceptors (Lipinski definition) is 3. The normalized spacial score (nSPS) is 27.1. The number of rotatable bonds is 2. The molecular formula is C20H28ClN3O2. The van der Waals surface area contributed by atoms with Gasteiger partial charge in [0.1, 0.15) is 0 Å². The van der Waals surface area contributed by atoms with Crippen LogP contribution >= 0.6 is 12.4 Å². The molecule has 2 fully saturated rings. The molecule has 5 nitrogen and oxygen atoms in total. The molecule has 6 heteroatoms. The average molecular weight is 378 g/mol. The maximum absolute atomic E-state index is 13.0. The smallest absolute Gasteiger partial charge is 0.240 e. The van der Waals surface area contributed by atoms with Crippen molar-refractivity contribution in [3.63, 3.8) is 0 Å². The first-order valence-corrected chi connectivity index (χ1v) is 9.55. The largest absolute Gasteiger partial charge is 0.337 e. The van der Waals surface area contributed by atoms with Crippen LogP contribution in [-0.4, -0.2) is 35.3 Å². The lowest BCUT2D eigenvalue weighted by Gasteiger charge is -2.32. The Bertz CT molecular complexity index is 680. The maximum atomic E-state index is 13.0. The summed E-state index contributed by atoms with van der Waals surface area (Å²) in [6, 6.07) is 6.52. The van der Waals surface area contributed by atoms with E-state index in [1.165, 1.54) is 38.2 Å². The molecule has 0 radical (unpaired) electrons. The molecule has 2 heterocycles. The van der Waals surface area contributed by atoms with Crippen LogP contribution in [-0.2, 0) is 22.6 Å². The number of halogens is 1. The molecule has 4 rings (SSSR count). The van der Waals surface area contributed by atoms with E-state index in [1.807, 2.05) is 17.0 Å².